The van der Waals surface area contributed by atoms with Crippen LogP contribution in [-0.2, 0) is 0 Å². The van der Waals surface area contributed by atoms with E-state index in [2.05, 4.69) is 20.8 Å². The maximum atomic E-state index is 8.99. The Kier molecular flexibility index (Phi) is 4.47. The highest BCUT2D eigenvalue weighted by atomic mass is 35.5. The zero-order chi connectivity index (χ0) is 14.7. The Morgan fingerprint density at radius 3 is 2.81 bits per heavy atom. The van der Waals surface area contributed by atoms with E-state index < -0.39 is 0 Å². The first-order valence-electron chi connectivity index (χ1n) is 7.42. The summed E-state index contributed by atoms with van der Waals surface area (Å²) in [5.41, 5.74) is 1.04. The van der Waals surface area contributed by atoms with E-state index in [1.807, 2.05) is 12.1 Å². The van der Waals surface area contributed by atoms with Gasteiger partial charge in [0.05, 0.1) is 11.8 Å². The van der Waals surface area contributed by atoms with Gasteiger partial charge in [-0.1, -0.05) is 0 Å². The quantitative estimate of drug-likeness (QED) is 0.866. The van der Waals surface area contributed by atoms with Gasteiger partial charge in [-0.2, -0.15) is 5.26 Å². The number of anilines is 1. The fourth-order valence-electron chi connectivity index (χ4n) is 2.87. The molecule has 5 nitrogen and oxygen atoms in total. The number of hydrogen-bond acceptors (Lipinski definition) is 5. The van der Waals surface area contributed by atoms with Crippen molar-refractivity contribution in [3.8, 4) is 11.9 Å². The molecule has 1 aliphatic heterocycles. The summed E-state index contributed by atoms with van der Waals surface area (Å²) in [6, 6.07) is 6.68. The molecule has 0 atom stereocenters. The normalized spacial score (nSPS) is 26.0. The van der Waals surface area contributed by atoms with Crippen LogP contribution in [-0.4, -0.2) is 30.2 Å². The monoisotopic (exact) mass is 306 g/mol. The molecule has 1 saturated heterocycles. The summed E-state index contributed by atoms with van der Waals surface area (Å²) in [6.07, 6.45) is 5.59. The number of rotatable bonds is 4. The summed E-state index contributed by atoms with van der Waals surface area (Å²) < 4.78 is 6.00. The van der Waals surface area contributed by atoms with E-state index in [4.69, 9.17) is 21.8 Å². The number of piperidine rings is 1. The van der Waals surface area contributed by atoms with Crippen molar-refractivity contribution < 1.29 is 4.74 Å². The Morgan fingerprint density at radius 2 is 2.14 bits per heavy atom. The molecule has 1 N–H and O–H groups in total. The summed E-state index contributed by atoms with van der Waals surface area (Å²) >= 11 is 5.60. The smallest absolute Gasteiger partial charge is 0.237 e. The molecule has 0 bridgehead atoms. The van der Waals surface area contributed by atoms with Gasteiger partial charge in [0.25, 0.3) is 0 Å². The fraction of sp³-hybridized carbons (Fsp3) is 0.600. The number of halogens is 1. The molecule has 1 aromatic rings. The van der Waals surface area contributed by atoms with Crippen LogP contribution in [0.5, 0.6) is 5.88 Å². The standard InChI is InChI=1S/C15H19ClN4O/c16-19-12-8-13(9-12)21-15-14(2-1-5-18-15)20-6-3-11(10-17)4-7-20/h1-2,5,11-13,19H,3-4,6-9H2. The van der Waals surface area contributed by atoms with Gasteiger partial charge in [0, 0.05) is 44.1 Å². The molecular formula is C15H19ClN4O. The van der Waals surface area contributed by atoms with E-state index >= 15 is 0 Å². The van der Waals surface area contributed by atoms with Crippen molar-refractivity contribution in [2.45, 2.75) is 37.8 Å². The molecule has 6 heteroatoms. The molecule has 2 aliphatic rings. The van der Waals surface area contributed by atoms with E-state index in [0.29, 0.717) is 11.9 Å². The van der Waals surface area contributed by atoms with E-state index in [1.165, 1.54) is 0 Å². The number of nitrogens with one attached hydrogen (secondary N) is 1. The summed E-state index contributed by atoms with van der Waals surface area (Å²) in [4.78, 5) is 9.39. The lowest BCUT2D eigenvalue weighted by Gasteiger charge is -2.36. The number of nitriles is 1. The lowest BCUT2D eigenvalue weighted by molar-refractivity contribution is 0.0903. The van der Waals surface area contributed by atoms with Gasteiger partial charge in [0.2, 0.25) is 5.88 Å². The minimum atomic E-state index is 0.185. The fourth-order valence-corrected chi connectivity index (χ4v) is 3.05. The van der Waals surface area contributed by atoms with Crippen molar-refractivity contribution in [2.75, 3.05) is 18.0 Å². The topological polar surface area (TPSA) is 61.2 Å². The van der Waals surface area contributed by atoms with Gasteiger partial charge >= 0.3 is 0 Å². The molecule has 2 fully saturated rings. The summed E-state index contributed by atoms with van der Waals surface area (Å²) in [5.74, 6) is 0.885. The molecule has 112 valence electrons. The predicted octanol–water partition coefficient (Wildman–Crippen LogP) is 2.47. The Morgan fingerprint density at radius 1 is 1.38 bits per heavy atom. The Bertz CT molecular complexity index is 519. The summed E-state index contributed by atoms with van der Waals surface area (Å²) in [5, 5.41) is 8.99. The zero-order valence-corrected chi connectivity index (χ0v) is 12.6. The molecule has 0 spiro atoms. The van der Waals surface area contributed by atoms with Crippen molar-refractivity contribution in [1.29, 1.82) is 5.26 Å². The highest BCUT2D eigenvalue weighted by Gasteiger charge is 2.31. The molecule has 0 amide bonds. The van der Waals surface area contributed by atoms with E-state index in [-0.39, 0.29) is 12.0 Å². The third-order valence-corrected chi connectivity index (χ3v) is 4.61. The molecule has 1 aliphatic carbocycles. The molecule has 0 aromatic carbocycles. The molecule has 1 aromatic heterocycles. The van der Waals surface area contributed by atoms with Crippen molar-refractivity contribution in [3.63, 3.8) is 0 Å². The van der Waals surface area contributed by atoms with Crippen molar-refractivity contribution >= 4 is 17.5 Å². The van der Waals surface area contributed by atoms with Gasteiger partial charge in [0.1, 0.15) is 6.10 Å². The van der Waals surface area contributed by atoms with Gasteiger partial charge < -0.3 is 9.64 Å². The second kappa shape index (κ2) is 6.50. The van der Waals surface area contributed by atoms with E-state index in [0.717, 1.165) is 44.5 Å². The van der Waals surface area contributed by atoms with Crippen LogP contribution in [0.15, 0.2) is 18.3 Å². The molecular weight excluding hydrogens is 288 g/mol. The molecule has 0 radical (unpaired) electrons. The molecule has 2 heterocycles. The Balaban J connectivity index is 1.65. The van der Waals surface area contributed by atoms with Crippen molar-refractivity contribution in [2.24, 2.45) is 5.92 Å². The van der Waals surface area contributed by atoms with Crippen molar-refractivity contribution in [1.82, 2.24) is 9.82 Å². The number of ether oxygens (including phenoxy) is 1. The van der Waals surface area contributed by atoms with Gasteiger partial charge in [-0.25, -0.2) is 9.82 Å². The number of nitrogens with zero attached hydrogens (tertiary/aromatic N) is 3. The largest absolute Gasteiger partial charge is 0.473 e. The van der Waals surface area contributed by atoms with Crippen LogP contribution in [0.1, 0.15) is 25.7 Å². The van der Waals surface area contributed by atoms with Crippen LogP contribution >= 0.6 is 11.8 Å². The Labute approximate surface area is 130 Å². The van der Waals surface area contributed by atoms with Crippen molar-refractivity contribution in [3.05, 3.63) is 18.3 Å². The second-order valence-electron chi connectivity index (χ2n) is 5.74. The Hall–Kier alpha value is -1.51. The average Bonchev–Trinajstić information content (AvgIpc) is 2.51. The van der Waals surface area contributed by atoms with Gasteiger partial charge in [0.15, 0.2) is 0 Å². The zero-order valence-electron chi connectivity index (χ0n) is 11.8. The molecule has 0 unspecified atom stereocenters. The lowest BCUT2D eigenvalue weighted by Crippen LogP contribution is -2.44. The minimum absolute atomic E-state index is 0.185. The van der Waals surface area contributed by atoms with Crippen LogP contribution in [0.3, 0.4) is 0 Å². The first-order valence-corrected chi connectivity index (χ1v) is 7.80. The van der Waals surface area contributed by atoms with Crippen LogP contribution in [0.2, 0.25) is 0 Å². The number of pyridine rings is 1. The van der Waals surface area contributed by atoms with Gasteiger partial charge in [-0.15, -0.1) is 0 Å². The number of hydrogen-bond donors (Lipinski definition) is 1. The first kappa shape index (κ1) is 14.4. The molecule has 3 rings (SSSR count). The highest BCUT2D eigenvalue weighted by molar-refractivity contribution is 6.13. The predicted molar refractivity (Wildman–Crippen MR) is 81.2 cm³/mol. The third-order valence-electron chi connectivity index (χ3n) is 4.30. The lowest BCUT2D eigenvalue weighted by atomic mass is 9.90. The van der Waals surface area contributed by atoms with Crippen LogP contribution in [0, 0.1) is 17.2 Å². The number of aromatic nitrogens is 1. The highest BCUT2D eigenvalue weighted by Crippen LogP contribution is 2.33. The van der Waals surface area contributed by atoms with Gasteiger partial charge in [-0.3, -0.25) is 0 Å². The maximum absolute atomic E-state index is 8.99. The average molecular weight is 307 g/mol. The van der Waals surface area contributed by atoms with Crippen LogP contribution in [0.4, 0.5) is 5.69 Å². The van der Waals surface area contributed by atoms with Crippen LogP contribution < -0.4 is 14.5 Å². The summed E-state index contributed by atoms with van der Waals surface area (Å²) in [7, 11) is 0. The van der Waals surface area contributed by atoms with E-state index in [9.17, 15) is 0 Å². The van der Waals surface area contributed by atoms with E-state index in [1.54, 1.807) is 6.20 Å². The van der Waals surface area contributed by atoms with Gasteiger partial charge in [-0.05, 0) is 36.8 Å². The minimum Gasteiger partial charge on any atom is -0.473 e. The summed E-state index contributed by atoms with van der Waals surface area (Å²) in [6.45, 7) is 1.77. The maximum Gasteiger partial charge on any atom is 0.237 e. The second-order valence-corrected chi connectivity index (χ2v) is 5.95. The first-order chi connectivity index (χ1) is 10.3. The SMILES string of the molecule is N#CC1CCN(c2cccnc2OC2CC(NCl)C2)CC1. The third kappa shape index (κ3) is 3.22. The van der Waals surface area contributed by atoms with Crippen LogP contribution in [0.25, 0.3) is 0 Å². The molecule has 21 heavy (non-hydrogen) atoms. The molecule has 1 saturated carbocycles.